The molecule has 0 atom stereocenters. The van der Waals surface area contributed by atoms with Crippen LogP contribution in [-0.2, 0) is 6.18 Å². The third kappa shape index (κ3) is 3.41. The van der Waals surface area contributed by atoms with E-state index < -0.39 is 16.7 Å². The van der Waals surface area contributed by atoms with Gasteiger partial charge in [-0.05, 0) is 36.4 Å². The topological polar surface area (TPSA) is 81.2 Å². The van der Waals surface area contributed by atoms with Gasteiger partial charge >= 0.3 is 6.18 Å². The average Bonchev–Trinajstić information content (AvgIpc) is 2.38. The van der Waals surface area contributed by atoms with Crippen LogP contribution in [0.2, 0.25) is 0 Å². The number of alkyl halides is 3. The lowest BCUT2D eigenvalue weighted by Gasteiger charge is -2.10. The van der Waals surface area contributed by atoms with Crippen molar-refractivity contribution in [1.29, 1.82) is 0 Å². The molecule has 0 amide bonds. The monoisotopic (exact) mass is 297 g/mol. The first-order chi connectivity index (χ1) is 9.77. The number of hydrogen-bond donors (Lipinski definition) is 2. The highest BCUT2D eigenvalue weighted by molar-refractivity contribution is 5.69. The van der Waals surface area contributed by atoms with Crippen LogP contribution in [0.25, 0.3) is 0 Å². The maximum atomic E-state index is 12.4. The van der Waals surface area contributed by atoms with Gasteiger partial charge in [0.25, 0.3) is 5.69 Å². The fourth-order valence-corrected chi connectivity index (χ4v) is 1.71. The number of nitrogen functional groups attached to an aromatic ring is 1. The van der Waals surface area contributed by atoms with Crippen molar-refractivity contribution in [1.82, 2.24) is 0 Å². The molecular formula is C13H10F3N3O2. The van der Waals surface area contributed by atoms with Gasteiger partial charge in [0.05, 0.1) is 10.5 Å². The molecule has 0 fully saturated rings. The van der Waals surface area contributed by atoms with E-state index in [0.717, 1.165) is 12.1 Å². The van der Waals surface area contributed by atoms with E-state index in [9.17, 15) is 23.3 Å². The van der Waals surface area contributed by atoms with Crippen LogP contribution in [0, 0.1) is 10.1 Å². The van der Waals surface area contributed by atoms with Crippen molar-refractivity contribution in [2.75, 3.05) is 11.1 Å². The van der Waals surface area contributed by atoms with Crippen molar-refractivity contribution in [2.45, 2.75) is 6.18 Å². The quantitative estimate of drug-likeness (QED) is 0.511. The highest BCUT2D eigenvalue weighted by Gasteiger charge is 2.29. The average molecular weight is 297 g/mol. The van der Waals surface area contributed by atoms with Crippen molar-refractivity contribution in [3.05, 3.63) is 58.1 Å². The Balaban J connectivity index is 2.19. The summed E-state index contributed by atoms with van der Waals surface area (Å²) in [7, 11) is 0. The Morgan fingerprint density at radius 2 is 1.62 bits per heavy atom. The van der Waals surface area contributed by atoms with E-state index in [1.54, 1.807) is 0 Å². The van der Waals surface area contributed by atoms with E-state index in [-0.39, 0.29) is 11.4 Å². The Morgan fingerprint density at radius 1 is 1.05 bits per heavy atom. The van der Waals surface area contributed by atoms with E-state index in [0.29, 0.717) is 11.4 Å². The molecule has 0 aliphatic rings. The van der Waals surface area contributed by atoms with Crippen LogP contribution in [0.15, 0.2) is 42.5 Å². The molecule has 2 rings (SSSR count). The zero-order valence-corrected chi connectivity index (χ0v) is 10.5. The van der Waals surface area contributed by atoms with Crippen LogP contribution >= 0.6 is 0 Å². The second kappa shape index (κ2) is 5.31. The Bertz CT molecular complexity index is 669. The number of hydrogen-bond acceptors (Lipinski definition) is 4. The molecule has 0 aromatic heterocycles. The normalized spacial score (nSPS) is 11.2. The maximum Gasteiger partial charge on any atom is 0.416 e. The zero-order valence-electron chi connectivity index (χ0n) is 10.5. The van der Waals surface area contributed by atoms with Crippen LogP contribution < -0.4 is 11.1 Å². The molecule has 0 bridgehead atoms. The van der Waals surface area contributed by atoms with Gasteiger partial charge in [0.15, 0.2) is 0 Å². The van der Waals surface area contributed by atoms with Crippen LogP contribution in [0.5, 0.6) is 0 Å². The van der Waals surface area contributed by atoms with Crippen LogP contribution in [0.3, 0.4) is 0 Å². The summed E-state index contributed by atoms with van der Waals surface area (Å²) in [4.78, 5) is 10.0. The molecule has 8 heteroatoms. The summed E-state index contributed by atoms with van der Waals surface area (Å²) in [5, 5.41) is 13.4. The van der Waals surface area contributed by atoms with Crippen molar-refractivity contribution in [2.24, 2.45) is 0 Å². The fourth-order valence-electron chi connectivity index (χ4n) is 1.71. The molecule has 0 radical (unpaired) electrons. The van der Waals surface area contributed by atoms with Crippen LogP contribution in [0.1, 0.15) is 5.56 Å². The molecule has 0 heterocycles. The molecule has 2 aromatic rings. The molecule has 0 saturated carbocycles. The molecule has 110 valence electrons. The lowest BCUT2D eigenvalue weighted by molar-refractivity contribution is -0.383. The van der Waals surface area contributed by atoms with E-state index in [1.165, 1.54) is 30.3 Å². The summed E-state index contributed by atoms with van der Waals surface area (Å²) in [6.45, 7) is 0. The van der Waals surface area contributed by atoms with Crippen molar-refractivity contribution in [3.63, 3.8) is 0 Å². The number of anilines is 3. The molecule has 2 aromatic carbocycles. The number of halogens is 3. The highest BCUT2D eigenvalue weighted by Crippen LogP contribution is 2.31. The summed E-state index contributed by atoms with van der Waals surface area (Å²) >= 11 is 0. The van der Waals surface area contributed by atoms with Crippen LogP contribution in [-0.4, -0.2) is 4.92 Å². The smallest absolute Gasteiger partial charge is 0.393 e. The molecule has 5 nitrogen and oxygen atoms in total. The Morgan fingerprint density at radius 3 is 2.10 bits per heavy atom. The first kappa shape index (κ1) is 14.6. The van der Waals surface area contributed by atoms with Gasteiger partial charge in [-0.2, -0.15) is 13.2 Å². The SMILES string of the molecule is Nc1cc(Nc2ccc(C(F)(F)F)cc2)ccc1[N+](=O)[O-]. The Labute approximate surface area is 117 Å². The fraction of sp³-hybridized carbons (Fsp3) is 0.0769. The van der Waals surface area contributed by atoms with E-state index in [4.69, 9.17) is 5.73 Å². The summed E-state index contributed by atoms with van der Waals surface area (Å²) < 4.78 is 37.3. The molecular weight excluding hydrogens is 287 g/mol. The molecule has 0 aliphatic carbocycles. The minimum Gasteiger partial charge on any atom is -0.393 e. The second-order valence-electron chi connectivity index (χ2n) is 4.23. The van der Waals surface area contributed by atoms with Gasteiger partial charge in [0.2, 0.25) is 0 Å². The third-order valence-electron chi connectivity index (χ3n) is 2.73. The van der Waals surface area contributed by atoms with Crippen molar-refractivity contribution >= 4 is 22.7 Å². The number of nitrogens with two attached hydrogens (primary N) is 1. The first-order valence-electron chi connectivity index (χ1n) is 5.75. The lowest BCUT2D eigenvalue weighted by atomic mass is 10.2. The number of nitro groups is 1. The largest absolute Gasteiger partial charge is 0.416 e. The Hall–Kier alpha value is -2.77. The van der Waals surface area contributed by atoms with E-state index >= 15 is 0 Å². The molecule has 0 spiro atoms. The molecule has 0 aliphatic heterocycles. The summed E-state index contributed by atoms with van der Waals surface area (Å²) in [6.07, 6.45) is -4.39. The Kier molecular flexibility index (Phi) is 3.70. The summed E-state index contributed by atoms with van der Waals surface area (Å²) in [5.41, 5.74) is 5.37. The minimum atomic E-state index is -4.39. The van der Waals surface area contributed by atoms with Crippen molar-refractivity contribution < 1.29 is 18.1 Å². The summed E-state index contributed by atoms with van der Waals surface area (Å²) in [6, 6.07) is 8.40. The summed E-state index contributed by atoms with van der Waals surface area (Å²) in [5.74, 6) is 0. The van der Waals surface area contributed by atoms with Gasteiger partial charge in [0.1, 0.15) is 5.69 Å². The lowest BCUT2D eigenvalue weighted by Crippen LogP contribution is -2.04. The number of rotatable bonds is 3. The molecule has 0 saturated heterocycles. The van der Waals surface area contributed by atoms with Gasteiger partial charge in [0, 0.05) is 17.4 Å². The highest BCUT2D eigenvalue weighted by atomic mass is 19.4. The predicted molar refractivity (Wildman–Crippen MR) is 72.2 cm³/mol. The van der Waals surface area contributed by atoms with Gasteiger partial charge in [-0.1, -0.05) is 0 Å². The van der Waals surface area contributed by atoms with Crippen molar-refractivity contribution in [3.8, 4) is 0 Å². The van der Waals surface area contributed by atoms with E-state index in [2.05, 4.69) is 5.32 Å². The van der Waals surface area contributed by atoms with Gasteiger partial charge in [-0.3, -0.25) is 10.1 Å². The number of nitrogens with zero attached hydrogens (tertiary/aromatic N) is 1. The predicted octanol–water partition coefficient (Wildman–Crippen LogP) is 3.94. The maximum absolute atomic E-state index is 12.4. The van der Waals surface area contributed by atoms with Gasteiger partial charge < -0.3 is 11.1 Å². The molecule has 21 heavy (non-hydrogen) atoms. The van der Waals surface area contributed by atoms with Gasteiger partial charge in [-0.15, -0.1) is 0 Å². The molecule has 0 unspecified atom stereocenters. The van der Waals surface area contributed by atoms with Gasteiger partial charge in [-0.25, -0.2) is 0 Å². The second-order valence-corrected chi connectivity index (χ2v) is 4.23. The standard InChI is InChI=1S/C13H10F3N3O2/c14-13(15,16)8-1-3-9(4-2-8)18-10-5-6-12(19(20)21)11(17)7-10/h1-7,18H,17H2. The number of nitrogens with one attached hydrogen (secondary N) is 1. The van der Waals surface area contributed by atoms with Crippen LogP contribution in [0.4, 0.5) is 35.9 Å². The number of benzene rings is 2. The first-order valence-corrected chi connectivity index (χ1v) is 5.75. The minimum absolute atomic E-state index is 0.0306. The molecule has 3 N–H and O–H groups in total. The number of nitro benzene ring substituents is 1. The van der Waals surface area contributed by atoms with E-state index in [1.807, 2.05) is 0 Å². The third-order valence-corrected chi connectivity index (χ3v) is 2.73. The zero-order chi connectivity index (χ0) is 15.6.